The zero-order valence-electron chi connectivity index (χ0n) is 19.8. The van der Waals surface area contributed by atoms with Crippen LogP contribution in [0.3, 0.4) is 0 Å². The smallest absolute Gasteiger partial charge is 0.264 e. The Morgan fingerprint density at radius 2 is 1.63 bits per heavy atom. The summed E-state index contributed by atoms with van der Waals surface area (Å²) in [5, 5.41) is 3.56. The lowest BCUT2D eigenvalue weighted by Crippen LogP contribution is -2.47. The van der Waals surface area contributed by atoms with Crippen molar-refractivity contribution in [2.75, 3.05) is 10.8 Å². The fraction of sp³-hybridized carbons (Fsp3) is 0.296. The molecule has 0 saturated heterocycles. The number of carbonyl (C=O) groups excluding carboxylic acids is 1. The van der Waals surface area contributed by atoms with Gasteiger partial charge in [0.2, 0.25) is 5.91 Å². The Labute approximate surface area is 211 Å². The van der Waals surface area contributed by atoms with Crippen LogP contribution in [0.5, 0.6) is 5.75 Å². The van der Waals surface area contributed by atoms with Gasteiger partial charge in [0.05, 0.1) is 16.6 Å². The quantitative estimate of drug-likeness (QED) is 0.418. The number of benzene rings is 3. The Bertz CT molecular complexity index is 1280. The van der Waals surface area contributed by atoms with Crippen molar-refractivity contribution in [1.82, 2.24) is 5.32 Å². The first kappa shape index (κ1) is 25.1. The number of para-hydroxylation sites is 1. The van der Waals surface area contributed by atoms with Crippen molar-refractivity contribution >= 4 is 33.2 Å². The van der Waals surface area contributed by atoms with E-state index in [1.54, 1.807) is 42.5 Å². The molecule has 1 atom stereocenters. The number of rotatable bonds is 8. The summed E-state index contributed by atoms with van der Waals surface area (Å²) < 4.78 is 34.5. The van der Waals surface area contributed by atoms with E-state index in [9.17, 15) is 13.2 Å². The topological polar surface area (TPSA) is 75.7 Å². The predicted octanol–water partition coefficient (Wildman–Crippen LogP) is 5.73. The van der Waals surface area contributed by atoms with E-state index < -0.39 is 21.5 Å². The second-order valence-electron chi connectivity index (χ2n) is 8.66. The largest absolute Gasteiger partial charge is 0.487 e. The monoisotopic (exact) mass is 512 g/mol. The maximum absolute atomic E-state index is 13.5. The van der Waals surface area contributed by atoms with E-state index >= 15 is 0 Å². The minimum Gasteiger partial charge on any atom is -0.487 e. The Kier molecular flexibility index (Phi) is 7.38. The summed E-state index contributed by atoms with van der Waals surface area (Å²) in [6, 6.07) is 21.9. The third-order valence-electron chi connectivity index (χ3n) is 6.55. The molecule has 1 N–H and O–H groups in total. The molecule has 8 heteroatoms. The van der Waals surface area contributed by atoms with Gasteiger partial charge in [-0.1, -0.05) is 61.8 Å². The average molecular weight is 513 g/mol. The van der Waals surface area contributed by atoms with Gasteiger partial charge in [0.15, 0.2) is 0 Å². The Morgan fingerprint density at radius 3 is 2.29 bits per heavy atom. The standard InChI is InChI=1S/C27H29ClN2O4S/c1-3-27(4-2)18-24(23-12-8-9-13-25(23)34-27)29-26(31)19-30(21-16-14-20(28)15-17-21)35(32,33)22-10-6-5-7-11-22/h5-17,24H,3-4,18-19H2,1-2H3,(H,29,31). The van der Waals surface area contributed by atoms with Gasteiger partial charge < -0.3 is 10.1 Å². The number of sulfonamides is 1. The van der Waals surface area contributed by atoms with E-state index in [1.165, 1.54) is 12.1 Å². The minimum atomic E-state index is -3.99. The molecule has 1 aliphatic rings. The molecule has 184 valence electrons. The molecule has 1 unspecified atom stereocenters. The highest BCUT2D eigenvalue weighted by atomic mass is 35.5. The van der Waals surface area contributed by atoms with E-state index in [1.807, 2.05) is 24.3 Å². The Balaban J connectivity index is 1.64. The van der Waals surface area contributed by atoms with Crippen LogP contribution >= 0.6 is 11.6 Å². The zero-order valence-corrected chi connectivity index (χ0v) is 21.4. The summed E-state index contributed by atoms with van der Waals surface area (Å²) in [5.74, 6) is 0.349. The van der Waals surface area contributed by atoms with Gasteiger partial charge in [-0.3, -0.25) is 9.10 Å². The van der Waals surface area contributed by atoms with Gasteiger partial charge in [-0.25, -0.2) is 8.42 Å². The SMILES string of the molecule is CCC1(CC)CC(NC(=O)CN(c2ccc(Cl)cc2)S(=O)(=O)c2ccccc2)c2ccccc2O1. The lowest BCUT2D eigenvalue weighted by molar-refractivity contribution is -0.121. The van der Waals surface area contributed by atoms with Crippen LogP contribution in [0.4, 0.5) is 5.69 Å². The van der Waals surface area contributed by atoms with Crippen LogP contribution in [-0.4, -0.2) is 26.5 Å². The molecule has 0 radical (unpaired) electrons. The number of carbonyl (C=O) groups is 1. The summed E-state index contributed by atoms with van der Waals surface area (Å²) in [7, 11) is -3.99. The van der Waals surface area contributed by atoms with E-state index in [2.05, 4.69) is 19.2 Å². The van der Waals surface area contributed by atoms with Crippen molar-refractivity contribution in [3.63, 3.8) is 0 Å². The van der Waals surface area contributed by atoms with Crippen LogP contribution in [-0.2, 0) is 14.8 Å². The van der Waals surface area contributed by atoms with Crippen molar-refractivity contribution in [2.24, 2.45) is 0 Å². The van der Waals surface area contributed by atoms with Crippen LogP contribution in [0.15, 0.2) is 83.8 Å². The number of anilines is 1. The molecule has 0 aromatic heterocycles. The molecule has 0 bridgehead atoms. The molecule has 0 fully saturated rings. The summed E-state index contributed by atoms with van der Waals surface area (Å²) in [6.45, 7) is 3.78. The van der Waals surface area contributed by atoms with Gasteiger partial charge in [-0.2, -0.15) is 0 Å². The molecule has 1 heterocycles. The number of fused-ring (bicyclic) bond motifs is 1. The second-order valence-corrected chi connectivity index (χ2v) is 11.0. The summed E-state index contributed by atoms with van der Waals surface area (Å²) >= 11 is 6.03. The molecule has 1 aliphatic heterocycles. The van der Waals surface area contributed by atoms with Crippen molar-refractivity contribution in [1.29, 1.82) is 0 Å². The van der Waals surface area contributed by atoms with Gasteiger partial charge in [-0.15, -0.1) is 0 Å². The maximum Gasteiger partial charge on any atom is 0.264 e. The Hall–Kier alpha value is -3.03. The Morgan fingerprint density at radius 1 is 1.00 bits per heavy atom. The highest BCUT2D eigenvalue weighted by Gasteiger charge is 2.39. The van der Waals surface area contributed by atoms with Gasteiger partial charge in [0, 0.05) is 17.0 Å². The first-order chi connectivity index (χ1) is 16.8. The van der Waals surface area contributed by atoms with Gasteiger partial charge >= 0.3 is 0 Å². The first-order valence-electron chi connectivity index (χ1n) is 11.7. The van der Waals surface area contributed by atoms with Crippen LogP contribution in [0.1, 0.15) is 44.7 Å². The third-order valence-corrected chi connectivity index (χ3v) is 8.59. The van der Waals surface area contributed by atoms with E-state index in [-0.39, 0.29) is 17.5 Å². The fourth-order valence-corrected chi connectivity index (χ4v) is 6.01. The lowest BCUT2D eigenvalue weighted by atomic mass is 9.83. The zero-order chi connectivity index (χ0) is 25.1. The van der Waals surface area contributed by atoms with Crippen LogP contribution in [0, 0.1) is 0 Å². The van der Waals surface area contributed by atoms with Crippen molar-refractivity contribution in [3.8, 4) is 5.75 Å². The third kappa shape index (κ3) is 5.31. The van der Waals surface area contributed by atoms with Gasteiger partial charge in [-0.05, 0) is 55.3 Å². The number of halogens is 1. The van der Waals surface area contributed by atoms with Gasteiger partial charge in [0.1, 0.15) is 17.9 Å². The number of nitrogens with zero attached hydrogens (tertiary/aromatic N) is 1. The number of hydrogen-bond donors (Lipinski definition) is 1. The highest BCUT2D eigenvalue weighted by Crippen LogP contribution is 2.42. The highest BCUT2D eigenvalue weighted by molar-refractivity contribution is 7.92. The molecule has 0 spiro atoms. The van der Waals surface area contributed by atoms with Gasteiger partial charge in [0.25, 0.3) is 10.0 Å². The van der Waals surface area contributed by atoms with Crippen molar-refractivity contribution in [3.05, 3.63) is 89.4 Å². The summed E-state index contributed by atoms with van der Waals surface area (Å²) in [6.07, 6.45) is 2.20. The van der Waals surface area contributed by atoms with Crippen molar-refractivity contribution < 1.29 is 17.9 Å². The van der Waals surface area contributed by atoms with E-state index in [4.69, 9.17) is 16.3 Å². The van der Waals surface area contributed by atoms with Crippen LogP contribution in [0.2, 0.25) is 5.02 Å². The molecule has 1 amide bonds. The molecule has 35 heavy (non-hydrogen) atoms. The molecular weight excluding hydrogens is 484 g/mol. The van der Waals surface area contributed by atoms with Crippen LogP contribution in [0.25, 0.3) is 0 Å². The van der Waals surface area contributed by atoms with E-state index in [0.29, 0.717) is 17.1 Å². The minimum absolute atomic E-state index is 0.107. The molecule has 0 aliphatic carbocycles. The number of ether oxygens (including phenoxy) is 1. The fourth-order valence-electron chi connectivity index (χ4n) is 4.44. The molecule has 3 aromatic carbocycles. The summed E-state index contributed by atoms with van der Waals surface area (Å²) in [4.78, 5) is 13.5. The average Bonchev–Trinajstić information content (AvgIpc) is 2.88. The van der Waals surface area contributed by atoms with Crippen molar-refractivity contribution in [2.45, 2.75) is 49.6 Å². The molecule has 4 rings (SSSR count). The molecule has 6 nitrogen and oxygen atoms in total. The molecule has 0 saturated carbocycles. The normalized spacial score (nSPS) is 16.6. The number of amides is 1. The number of nitrogens with one attached hydrogen (secondary N) is 1. The second kappa shape index (κ2) is 10.3. The molecule has 3 aromatic rings. The summed E-state index contributed by atoms with van der Waals surface area (Å²) in [5.41, 5.74) is 0.859. The van der Waals surface area contributed by atoms with Crippen LogP contribution < -0.4 is 14.4 Å². The predicted molar refractivity (Wildman–Crippen MR) is 138 cm³/mol. The molecular formula is C27H29ClN2O4S. The lowest BCUT2D eigenvalue weighted by Gasteiger charge is -2.41. The van der Waals surface area contributed by atoms with E-state index in [0.717, 1.165) is 28.5 Å². The maximum atomic E-state index is 13.5. The first-order valence-corrected chi connectivity index (χ1v) is 13.5. The number of hydrogen-bond acceptors (Lipinski definition) is 4.